The van der Waals surface area contributed by atoms with Gasteiger partial charge in [-0.25, -0.2) is 0 Å². The van der Waals surface area contributed by atoms with Gasteiger partial charge < -0.3 is 15.1 Å². The summed E-state index contributed by atoms with van der Waals surface area (Å²) in [5.74, 6) is 0.994. The number of furan rings is 1. The summed E-state index contributed by atoms with van der Waals surface area (Å²) in [6, 6.07) is 4.13. The zero-order chi connectivity index (χ0) is 12.3. The van der Waals surface area contributed by atoms with E-state index < -0.39 is 0 Å². The highest BCUT2D eigenvalue weighted by Crippen LogP contribution is 2.29. The van der Waals surface area contributed by atoms with Crippen molar-refractivity contribution in [1.82, 2.24) is 4.90 Å². The summed E-state index contributed by atoms with van der Waals surface area (Å²) >= 11 is 0. The van der Waals surface area contributed by atoms with Crippen molar-refractivity contribution in [2.45, 2.75) is 51.2 Å². The first kappa shape index (κ1) is 12.2. The first-order valence-electron chi connectivity index (χ1n) is 6.28. The van der Waals surface area contributed by atoms with E-state index in [1.54, 1.807) is 6.26 Å². The Morgan fingerprint density at radius 3 is 2.94 bits per heavy atom. The van der Waals surface area contributed by atoms with Crippen molar-refractivity contribution in [1.29, 1.82) is 0 Å². The Balaban J connectivity index is 1.94. The number of nitrogens with two attached hydrogens (primary N) is 1. The largest absolute Gasteiger partial charge is 0.467 e. The van der Waals surface area contributed by atoms with Crippen molar-refractivity contribution in [3.05, 3.63) is 24.2 Å². The van der Waals surface area contributed by atoms with Crippen LogP contribution in [0.25, 0.3) is 0 Å². The Labute approximate surface area is 102 Å². The third-order valence-corrected chi connectivity index (χ3v) is 3.18. The molecule has 1 fully saturated rings. The average molecular weight is 236 g/mol. The highest BCUT2D eigenvalue weighted by Gasteiger charge is 2.33. The summed E-state index contributed by atoms with van der Waals surface area (Å²) in [5.41, 5.74) is 5.83. The smallest absolute Gasteiger partial charge is 0.224 e. The molecule has 0 aliphatic heterocycles. The summed E-state index contributed by atoms with van der Waals surface area (Å²) in [4.78, 5) is 14.0. The fraction of sp³-hybridized carbons (Fsp3) is 0.615. The first-order valence-corrected chi connectivity index (χ1v) is 6.28. The molecule has 1 saturated carbocycles. The number of rotatable bonds is 6. The van der Waals surface area contributed by atoms with Gasteiger partial charge in [-0.2, -0.15) is 0 Å². The Kier molecular flexibility index (Phi) is 3.84. The monoisotopic (exact) mass is 236 g/mol. The second-order valence-electron chi connectivity index (χ2n) is 4.70. The zero-order valence-electron chi connectivity index (χ0n) is 10.3. The SMILES string of the molecule is CCC(N)CC(=O)N(Cc1ccco1)C1CC1. The number of amides is 1. The minimum absolute atomic E-state index is 0.0275. The highest BCUT2D eigenvalue weighted by atomic mass is 16.3. The predicted octanol–water partition coefficient (Wildman–Crippen LogP) is 1.90. The molecule has 4 nitrogen and oxygen atoms in total. The topological polar surface area (TPSA) is 59.5 Å². The van der Waals surface area contributed by atoms with Gasteiger partial charge in [-0.3, -0.25) is 4.79 Å². The van der Waals surface area contributed by atoms with Crippen molar-refractivity contribution >= 4 is 5.91 Å². The lowest BCUT2D eigenvalue weighted by Crippen LogP contribution is -2.36. The van der Waals surface area contributed by atoms with Gasteiger partial charge in [0.1, 0.15) is 5.76 Å². The Morgan fingerprint density at radius 2 is 2.41 bits per heavy atom. The summed E-state index contributed by atoms with van der Waals surface area (Å²) in [6.07, 6.45) is 5.13. The number of nitrogens with zero attached hydrogens (tertiary/aromatic N) is 1. The van der Waals surface area contributed by atoms with Crippen LogP contribution >= 0.6 is 0 Å². The Morgan fingerprint density at radius 1 is 1.65 bits per heavy atom. The molecule has 1 unspecified atom stereocenters. The molecular weight excluding hydrogens is 216 g/mol. The van der Waals surface area contributed by atoms with Gasteiger partial charge in [0.05, 0.1) is 12.8 Å². The van der Waals surface area contributed by atoms with E-state index in [0.29, 0.717) is 19.0 Å². The molecule has 0 saturated heterocycles. The number of hydrogen-bond donors (Lipinski definition) is 1. The van der Waals surface area contributed by atoms with Crippen LogP contribution in [-0.4, -0.2) is 22.9 Å². The molecule has 17 heavy (non-hydrogen) atoms. The van der Waals surface area contributed by atoms with E-state index in [-0.39, 0.29) is 11.9 Å². The molecule has 1 atom stereocenters. The minimum Gasteiger partial charge on any atom is -0.467 e. The molecule has 94 valence electrons. The van der Waals surface area contributed by atoms with Gasteiger partial charge in [0.25, 0.3) is 0 Å². The van der Waals surface area contributed by atoms with E-state index in [4.69, 9.17) is 10.2 Å². The fourth-order valence-electron chi connectivity index (χ4n) is 1.86. The van der Waals surface area contributed by atoms with Crippen LogP contribution in [0.1, 0.15) is 38.4 Å². The van der Waals surface area contributed by atoms with Crippen molar-refractivity contribution in [2.24, 2.45) is 5.73 Å². The normalized spacial score (nSPS) is 16.8. The van der Waals surface area contributed by atoms with Crippen molar-refractivity contribution in [3.63, 3.8) is 0 Å². The molecule has 1 aliphatic carbocycles. The van der Waals surface area contributed by atoms with Crippen molar-refractivity contribution in [3.8, 4) is 0 Å². The van der Waals surface area contributed by atoms with Gasteiger partial charge in [-0.1, -0.05) is 6.92 Å². The van der Waals surface area contributed by atoms with Crippen LogP contribution in [0.3, 0.4) is 0 Å². The quantitative estimate of drug-likeness (QED) is 0.820. The van der Waals surface area contributed by atoms with E-state index >= 15 is 0 Å². The van der Waals surface area contributed by atoms with E-state index in [1.165, 1.54) is 0 Å². The molecule has 1 aromatic heterocycles. The maximum atomic E-state index is 12.1. The molecule has 0 radical (unpaired) electrons. The standard InChI is InChI=1S/C13H20N2O2/c1-2-10(14)8-13(16)15(11-5-6-11)9-12-4-3-7-17-12/h3-4,7,10-11H,2,5-6,8-9,14H2,1H3. The van der Waals surface area contributed by atoms with Gasteiger partial charge in [0.2, 0.25) is 5.91 Å². The Bertz CT molecular complexity index is 358. The van der Waals surface area contributed by atoms with E-state index in [2.05, 4.69) is 0 Å². The van der Waals surface area contributed by atoms with Crippen LogP contribution in [0.15, 0.2) is 22.8 Å². The summed E-state index contributed by atoms with van der Waals surface area (Å²) in [5, 5.41) is 0. The number of carbonyl (C=O) groups excluding carboxylic acids is 1. The summed E-state index contributed by atoms with van der Waals surface area (Å²) < 4.78 is 5.30. The molecule has 2 rings (SSSR count). The second-order valence-corrected chi connectivity index (χ2v) is 4.70. The fourth-order valence-corrected chi connectivity index (χ4v) is 1.86. The lowest BCUT2D eigenvalue weighted by Gasteiger charge is -2.22. The van der Waals surface area contributed by atoms with Gasteiger partial charge >= 0.3 is 0 Å². The highest BCUT2D eigenvalue weighted by molar-refractivity contribution is 5.77. The van der Waals surface area contributed by atoms with Crippen LogP contribution in [0.2, 0.25) is 0 Å². The van der Waals surface area contributed by atoms with Crippen LogP contribution in [0.5, 0.6) is 0 Å². The number of hydrogen-bond acceptors (Lipinski definition) is 3. The van der Waals surface area contributed by atoms with Crippen molar-refractivity contribution < 1.29 is 9.21 Å². The lowest BCUT2D eigenvalue weighted by molar-refractivity contribution is -0.133. The van der Waals surface area contributed by atoms with Crippen LogP contribution < -0.4 is 5.73 Å². The second kappa shape index (κ2) is 5.36. The molecule has 1 aromatic rings. The van der Waals surface area contributed by atoms with Gasteiger partial charge in [0, 0.05) is 18.5 Å². The summed E-state index contributed by atoms with van der Waals surface area (Å²) in [6.45, 7) is 2.58. The minimum atomic E-state index is -0.0275. The van der Waals surface area contributed by atoms with Crippen molar-refractivity contribution in [2.75, 3.05) is 0 Å². The predicted molar refractivity (Wildman–Crippen MR) is 65.2 cm³/mol. The third-order valence-electron chi connectivity index (χ3n) is 3.18. The molecule has 1 heterocycles. The molecule has 0 spiro atoms. The molecule has 0 bridgehead atoms. The maximum Gasteiger partial charge on any atom is 0.224 e. The third kappa shape index (κ3) is 3.33. The molecule has 1 amide bonds. The first-order chi connectivity index (χ1) is 8.20. The molecule has 1 aliphatic rings. The molecule has 0 aromatic carbocycles. The van der Waals surface area contributed by atoms with Gasteiger partial charge in [-0.15, -0.1) is 0 Å². The maximum absolute atomic E-state index is 12.1. The van der Waals surface area contributed by atoms with Gasteiger partial charge in [0.15, 0.2) is 0 Å². The lowest BCUT2D eigenvalue weighted by atomic mass is 10.1. The van der Waals surface area contributed by atoms with Crippen LogP contribution in [0, 0.1) is 0 Å². The van der Waals surface area contributed by atoms with Crippen LogP contribution in [-0.2, 0) is 11.3 Å². The van der Waals surface area contributed by atoms with E-state index in [0.717, 1.165) is 25.0 Å². The van der Waals surface area contributed by atoms with Crippen LogP contribution in [0.4, 0.5) is 0 Å². The average Bonchev–Trinajstić information content (AvgIpc) is 3.03. The molecule has 2 N–H and O–H groups in total. The van der Waals surface area contributed by atoms with E-state index in [1.807, 2.05) is 24.0 Å². The van der Waals surface area contributed by atoms with Gasteiger partial charge in [-0.05, 0) is 31.4 Å². The number of carbonyl (C=O) groups is 1. The molecular formula is C13H20N2O2. The zero-order valence-corrected chi connectivity index (χ0v) is 10.3. The Hall–Kier alpha value is -1.29. The van der Waals surface area contributed by atoms with E-state index in [9.17, 15) is 4.79 Å². The molecule has 4 heteroatoms. The summed E-state index contributed by atoms with van der Waals surface area (Å²) in [7, 11) is 0.